The molecule has 1 heterocycles. The Hall–Kier alpha value is -1.69. The Morgan fingerprint density at radius 3 is 2.84 bits per heavy atom. The molecule has 1 amide bonds. The standard InChI is InChI=1S/C13H14FNO3S/c14-12-3-1-2-10(6-12)8-15-13(16)7-11-4-5-19(17,18)9-11/h1-6,11H,7-9H2,(H,15,16). The van der Waals surface area contributed by atoms with Crippen molar-refractivity contribution < 1.29 is 17.6 Å². The average Bonchev–Trinajstić information content (AvgIpc) is 2.66. The minimum atomic E-state index is -3.12. The molecule has 0 fully saturated rings. The van der Waals surface area contributed by atoms with Gasteiger partial charge in [-0.25, -0.2) is 12.8 Å². The SMILES string of the molecule is O=C(CC1C=CS(=O)(=O)C1)NCc1cccc(F)c1. The van der Waals surface area contributed by atoms with E-state index in [2.05, 4.69) is 5.32 Å². The van der Waals surface area contributed by atoms with Crippen LogP contribution in [0, 0.1) is 11.7 Å². The maximum atomic E-state index is 12.9. The molecule has 1 atom stereocenters. The van der Waals surface area contributed by atoms with Crippen molar-refractivity contribution in [1.82, 2.24) is 5.32 Å². The van der Waals surface area contributed by atoms with Crippen molar-refractivity contribution in [3.05, 3.63) is 47.1 Å². The van der Waals surface area contributed by atoms with Crippen molar-refractivity contribution in [3.63, 3.8) is 0 Å². The highest BCUT2D eigenvalue weighted by Crippen LogP contribution is 2.18. The molecule has 4 nitrogen and oxygen atoms in total. The first kappa shape index (κ1) is 13.7. The van der Waals surface area contributed by atoms with E-state index in [0.29, 0.717) is 5.56 Å². The zero-order valence-electron chi connectivity index (χ0n) is 10.2. The first-order valence-corrected chi connectivity index (χ1v) is 7.58. The molecule has 1 aromatic carbocycles. The van der Waals surface area contributed by atoms with Crippen LogP contribution >= 0.6 is 0 Å². The summed E-state index contributed by atoms with van der Waals surface area (Å²) in [6.45, 7) is 0.236. The van der Waals surface area contributed by atoms with E-state index in [-0.39, 0.29) is 36.4 Å². The molecule has 0 aromatic heterocycles. The van der Waals surface area contributed by atoms with Crippen molar-refractivity contribution in [1.29, 1.82) is 0 Å². The summed E-state index contributed by atoms with van der Waals surface area (Å²) in [5.74, 6) is -0.870. The summed E-state index contributed by atoms with van der Waals surface area (Å²) >= 11 is 0. The quantitative estimate of drug-likeness (QED) is 0.908. The predicted octanol–water partition coefficient (Wildman–Crippen LogP) is 1.39. The number of amides is 1. The Balaban J connectivity index is 1.81. The lowest BCUT2D eigenvalue weighted by atomic mass is 10.1. The Bertz CT molecular complexity index is 610. The molecular weight excluding hydrogens is 269 g/mol. The zero-order valence-corrected chi connectivity index (χ0v) is 11.0. The van der Waals surface area contributed by atoms with Gasteiger partial charge in [-0.2, -0.15) is 0 Å². The molecule has 19 heavy (non-hydrogen) atoms. The van der Waals surface area contributed by atoms with Crippen molar-refractivity contribution in [2.24, 2.45) is 5.92 Å². The molecule has 0 saturated carbocycles. The van der Waals surface area contributed by atoms with Crippen LogP contribution in [-0.4, -0.2) is 20.1 Å². The first-order chi connectivity index (χ1) is 8.94. The van der Waals surface area contributed by atoms with E-state index in [9.17, 15) is 17.6 Å². The first-order valence-electron chi connectivity index (χ1n) is 5.87. The third-order valence-electron chi connectivity index (χ3n) is 2.83. The summed E-state index contributed by atoms with van der Waals surface area (Å²) in [5, 5.41) is 3.80. The predicted molar refractivity (Wildman–Crippen MR) is 69.3 cm³/mol. The molecule has 1 unspecified atom stereocenters. The maximum absolute atomic E-state index is 12.9. The van der Waals surface area contributed by atoms with Gasteiger partial charge in [0.2, 0.25) is 5.91 Å². The van der Waals surface area contributed by atoms with Crippen LogP contribution in [0.5, 0.6) is 0 Å². The Kier molecular flexibility index (Phi) is 3.99. The second-order valence-electron chi connectivity index (χ2n) is 4.53. The minimum absolute atomic E-state index is 0.0135. The fourth-order valence-corrected chi connectivity index (χ4v) is 3.32. The van der Waals surface area contributed by atoms with Crippen LogP contribution in [0.1, 0.15) is 12.0 Å². The van der Waals surface area contributed by atoms with Gasteiger partial charge < -0.3 is 5.32 Å². The normalized spacial score (nSPS) is 20.4. The molecule has 0 spiro atoms. The highest BCUT2D eigenvalue weighted by molar-refractivity contribution is 7.94. The molecule has 0 bridgehead atoms. The largest absolute Gasteiger partial charge is 0.352 e. The van der Waals surface area contributed by atoms with Gasteiger partial charge in [0.25, 0.3) is 0 Å². The molecule has 0 radical (unpaired) electrons. The summed E-state index contributed by atoms with van der Waals surface area (Å²) < 4.78 is 35.3. The summed E-state index contributed by atoms with van der Waals surface area (Å²) in [7, 11) is -3.12. The van der Waals surface area contributed by atoms with Gasteiger partial charge in [-0.05, 0) is 17.7 Å². The minimum Gasteiger partial charge on any atom is -0.352 e. The van der Waals surface area contributed by atoms with Gasteiger partial charge in [0.05, 0.1) is 5.75 Å². The van der Waals surface area contributed by atoms with Crippen LogP contribution < -0.4 is 5.32 Å². The van der Waals surface area contributed by atoms with Gasteiger partial charge in [0, 0.05) is 24.3 Å². The number of rotatable bonds is 4. The van der Waals surface area contributed by atoms with Crippen LogP contribution in [0.4, 0.5) is 4.39 Å². The van der Waals surface area contributed by atoms with E-state index in [0.717, 1.165) is 5.41 Å². The number of carbonyl (C=O) groups is 1. The van der Waals surface area contributed by atoms with Crippen LogP contribution in [0.15, 0.2) is 35.7 Å². The second-order valence-corrected chi connectivity index (χ2v) is 6.46. The molecule has 1 N–H and O–H groups in total. The Labute approximate surface area is 111 Å². The molecule has 1 aromatic rings. The summed E-state index contributed by atoms with van der Waals surface area (Å²) in [6.07, 6.45) is 1.67. The van der Waals surface area contributed by atoms with Gasteiger partial charge in [0.15, 0.2) is 9.84 Å². The molecule has 6 heteroatoms. The third kappa shape index (κ3) is 4.17. The smallest absolute Gasteiger partial charge is 0.220 e. The maximum Gasteiger partial charge on any atom is 0.220 e. The number of hydrogen-bond acceptors (Lipinski definition) is 3. The lowest BCUT2D eigenvalue weighted by molar-refractivity contribution is -0.121. The van der Waals surface area contributed by atoms with E-state index < -0.39 is 9.84 Å². The molecular formula is C13H14FNO3S. The van der Waals surface area contributed by atoms with Gasteiger partial charge in [-0.3, -0.25) is 4.79 Å². The van der Waals surface area contributed by atoms with E-state index in [1.807, 2.05) is 0 Å². The van der Waals surface area contributed by atoms with Crippen LogP contribution in [0.3, 0.4) is 0 Å². The lowest BCUT2D eigenvalue weighted by Crippen LogP contribution is -2.25. The Morgan fingerprint density at radius 1 is 1.42 bits per heavy atom. The monoisotopic (exact) mass is 283 g/mol. The highest BCUT2D eigenvalue weighted by atomic mass is 32.2. The molecule has 0 saturated heterocycles. The second kappa shape index (κ2) is 5.52. The van der Waals surface area contributed by atoms with E-state index in [4.69, 9.17) is 0 Å². The van der Waals surface area contributed by atoms with Crippen LogP contribution in [0.2, 0.25) is 0 Å². The topological polar surface area (TPSA) is 63.2 Å². The van der Waals surface area contributed by atoms with Gasteiger partial charge in [0.1, 0.15) is 5.82 Å². The molecule has 1 aliphatic heterocycles. The third-order valence-corrected chi connectivity index (χ3v) is 4.30. The number of hydrogen-bond donors (Lipinski definition) is 1. The fraction of sp³-hybridized carbons (Fsp3) is 0.308. The summed E-state index contributed by atoms with van der Waals surface area (Å²) in [4.78, 5) is 11.6. The fourth-order valence-electron chi connectivity index (χ4n) is 1.93. The van der Waals surface area contributed by atoms with Crippen molar-refractivity contribution in [2.75, 3.05) is 5.75 Å². The van der Waals surface area contributed by atoms with Gasteiger partial charge in [-0.15, -0.1) is 0 Å². The highest BCUT2D eigenvalue weighted by Gasteiger charge is 2.23. The van der Waals surface area contributed by atoms with Crippen molar-refractivity contribution >= 4 is 15.7 Å². The number of halogens is 1. The number of allylic oxidation sites excluding steroid dienone is 1. The Morgan fingerprint density at radius 2 is 2.21 bits per heavy atom. The number of carbonyl (C=O) groups excluding carboxylic acids is 1. The van der Waals surface area contributed by atoms with Crippen molar-refractivity contribution in [2.45, 2.75) is 13.0 Å². The van der Waals surface area contributed by atoms with Gasteiger partial charge in [-0.1, -0.05) is 18.2 Å². The molecule has 1 aliphatic rings. The van der Waals surface area contributed by atoms with E-state index in [1.54, 1.807) is 12.1 Å². The average molecular weight is 283 g/mol. The number of sulfone groups is 1. The summed E-state index contributed by atoms with van der Waals surface area (Å²) in [5.41, 5.74) is 0.669. The lowest BCUT2D eigenvalue weighted by Gasteiger charge is -2.08. The molecule has 0 aliphatic carbocycles. The van der Waals surface area contributed by atoms with Crippen LogP contribution in [-0.2, 0) is 21.2 Å². The zero-order chi connectivity index (χ0) is 13.9. The summed E-state index contributed by atoms with van der Waals surface area (Å²) in [6, 6.07) is 5.96. The van der Waals surface area contributed by atoms with E-state index >= 15 is 0 Å². The number of benzene rings is 1. The number of nitrogens with one attached hydrogen (secondary N) is 1. The van der Waals surface area contributed by atoms with Crippen molar-refractivity contribution in [3.8, 4) is 0 Å². The van der Waals surface area contributed by atoms with Gasteiger partial charge >= 0.3 is 0 Å². The molecule has 102 valence electrons. The molecule has 2 rings (SSSR count). The van der Waals surface area contributed by atoms with Crippen LogP contribution in [0.25, 0.3) is 0 Å². The van der Waals surface area contributed by atoms with E-state index in [1.165, 1.54) is 18.2 Å².